The SMILES string of the molecule is CN1CCN(C(=O)C(CCCCC(C)(C)C)C(C)(C)C)CC1. The zero-order valence-electron chi connectivity index (χ0n) is 16.0. The number of carbonyl (C=O) groups excluding carboxylic acids is 1. The summed E-state index contributed by atoms with van der Waals surface area (Å²) in [7, 11) is 2.13. The van der Waals surface area contributed by atoms with Crippen LogP contribution in [0.5, 0.6) is 0 Å². The Hall–Kier alpha value is -0.570. The summed E-state index contributed by atoms with van der Waals surface area (Å²) in [5, 5.41) is 0. The molecule has 1 fully saturated rings. The fraction of sp³-hybridized carbons (Fsp3) is 0.947. The van der Waals surface area contributed by atoms with Gasteiger partial charge in [-0.05, 0) is 30.7 Å². The van der Waals surface area contributed by atoms with Gasteiger partial charge in [-0.1, -0.05) is 54.4 Å². The molecule has 0 aromatic carbocycles. The third kappa shape index (κ3) is 6.68. The lowest BCUT2D eigenvalue weighted by molar-refractivity contribution is -0.141. The van der Waals surface area contributed by atoms with Gasteiger partial charge in [-0.2, -0.15) is 0 Å². The highest BCUT2D eigenvalue weighted by molar-refractivity contribution is 5.79. The lowest BCUT2D eigenvalue weighted by atomic mass is 9.76. The lowest BCUT2D eigenvalue weighted by Gasteiger charge is -2.38. The summed E-state index contributed by atoms with van der Waals surface area (Å²) in [4.78, 5) is 17.4. The van der Waals surface area contributed by atoms with Crippen molar-refractivity contribution in [3.8, 4) is 0 Å². The Morgan fingerprint density at radius 3 is 1.95 bits per heavy atom. The largest absolute Gasteiger partial charge is 0.340 e. The Morgan fingerprint density at radius 1 is 0.955 bits per heavy atom. The van der Waals surface area contributed by atoms with Crippen LogP contribution in [0.1, 0.15) is 67.2 Å². The molecule has 1 amide bonds. The van der Waals surface area contributed by atoms with E-state index in [9.17, 15) is 4.79 Å². The van der Waals surface area contributed by atoms with E-state index in [1.54, 1.807) is 0 Å². The van der Waals surface area contributed by atoms with Crippen LogP contribution in [0.4, 0.5) is 0 Å². The number of unbranched alkanes of at least 4 members (excludes halogenated alkanes) is 1. The van der Waals surface area contributed by atoms with Gasteiger partial charge >= 0.3 is 0 Å². The lowest BCUT2D eigenvalue weighted by Crippen LogP contribution is -2.50. The van der Waals surface area contributed by atoms with Crippen LogP contribution in [-0.2, 0) is 4.79 Å². The predicted octanol–water partition coefficient (Wildman–Crippen LogP) is 4.03. The Labute approximate surface area is 138 Å². The normalized spacial score (nSPS) is 19.3. The van der Waals surface area contributed by atoms with Gasteiger partial charge in [-0.3, -0.25) is 4.79 Å². The van der Waals surface area contributed by atoms with Gasteiger partial charge in [0.25, 0.3) is 0 Å². The second-order valence-corrected chi connectivity index (χ2v) is 9.35. The van der Waals surface area contributed by atoms with E-state index >= 15 is 0 Å². The molecule has 1 atom stereocenters. The zero-order valence-corrected chi connectivity index (χ0v) is 16.0. The van der Waals surface area contributed by atoms with Crippen LogP contribution < -0.4 is 0 Å². The maximum Gasteiger partial charge on any atom is 0.226 e. The van der Waals surface area contributed by atoms with Crippen molar-refractivity contribution < 1.29 is 4.79 Å². The second-order valence-electron chi connectivity index (χ2n) is 9.35. The van der Waals surface area contributed by atoms with Crippen LogP contribution in [0.2, 0.25) is 0 Å². The van der Waals surface area contributed by atoms with Crippen molar-refractivity contribution in [3.63, 3.8) is 0 Å². The summed E-state index contributed by atoms with van der Waals surface area (Å²) >= 11 is 0. The smallest absolute Gasteiger partial charge is 0.226 e. The van der Waals surface area contributed by atoms with Gasteiger partial charge in [-0.25, -0.2) is 0 Å². The molecule has 1 rings (SSSR count). The fourth-order valence-electron chi connectivity index (χ4n) is 3.18. The Morgan fingerprint density at radius 2 is 1.50 bits per heavy atom. The molecule has 0 spiro atoms. The molecule has 22 heavy (non-hydrogen) atoms. The van der Waals surface area contributed by atoms with Crippen molar-refractivity contribution in [2.75, 3.05) is 33.2 Å². The van der Waals surface area contributed by atoms with Crippen LogP contribution in [0, 0.1) is 16.7 Å². The minimum absolute atomic E-state index is 0.0577. The van der Waals surface area contributed by atoms with E-state index in [1.807, 2.05) is 0 Å². The molecule has 0 saturated carbocycles. The number of likely N-dealkylation sites (N-methyl/N-ethyl adjacent to an activating group) is 1. The highest BCUT2D eigenvalue weighted by Gasteiger charge is 2.34. The molecule has 0 radical (unpaired) electrons. The third-order valence-corrected chi connectivity index (χ3v) is 4.83. The quantitative estimate of drug-likeness (QED) is 0.716. The monoisotopic (exact) mass is 310 g/mol. The van der Waals surface area contributed by atoms with Gasteiger partial charge in [0.15, 0.2) is 0 Å². The van der Waals surface area contributed by atoms with Gasteiger partial charge in [0.1, 0.15) is 0 Å². The molecule has 1 unspecified atom stereocenters. The van der Waals surface area contributed by atoms with Gasteiger partial charge < -0.3 is 9.80 Å². The minimum atomic E-state index is 0.0577. The van der Waals surface area contributed by atoms with Crippen molar-refractivity contribution in [1.82, 2.24) is 9.80 Å². The van der Waals surface area contributed by atoms with Gasteiger partial charge in [0.05, 0.1) is 0 Å². The highest BCUT2D eigenvalue weighted by atomic mass is 16.2. The van der Waals surface area contributed by atoms with Crippen LogP contribution in [0.3, 0.4) is 0 Å². The predicted molar refractivity (Wildman–Crippen MR) is 94.9 cm³/mol. The molecule has 0 N–H and O–H groups in total. The van der Waals surface area contributed by atoms with E-state index in [2.05, 4.69) is 58.4 Å². The van der Waals surface area contributed by atoms with E-state index in [4.69, 9.17) is 0 Å². The molecule has 0 aliphatic carbocycles. The summed E-state index contributed by atoms with van der Waals surface area (Å²) in [6, 6.07) is 0. The summed E-state index contributed by atoms with van der Waals surface area (Å²) in [5.74, 6) is 0.548. The molecule has 3 nitrogen and oxygen atoms in total. The first-order chi connectivity index (χ1) is 10.0. The average molecular weight is 311 g/mol. The fourth-order valence-corrected chi connectivity index (χ4v) is 3.18. The molecule has 1 aliphatic rings. The first-order valence-corrected chi connectivity index (χ1v) is 8.98. The topological polar surface area (TPSA) is 23.6 Å². The maximum absolute atomic E-state index is 13.0. The van der Waals surface area contributed by atoms with Crippen molar-refractivity contribution in [2.45, 2.75) is 67.2 Å². The van der Waals surface area contributed by atoms with Crippen molar-refractivity contribution in [3.05, 3.63) is 0 Å². The van der Waals surface area contributed by atoms with Crippen molar-refractivity contribution >= 4 is 5.91 Å². The van der Waals surface area contributed by atoms with Crippen LogP contribution >= 0.6 is 0 Å². The first kappa shape index (κ1) is 19.5. The van der Waals surface area contributed by atoms with E-state index in [0.29, 0.717) is 11.3 Å². The van der Waals surface area contributed by atoms with Crippen LogP contribution in [0.15, 0.2) is 0 Å². The molecule has 0 bridgehead atoms. The standard InChI is InChI=1S/C19H38N2O/c1-18(2,3)11-9-8-10-16(19(4,5)6)17(22)21-14-12-20(7)13-15-21/h16H,8-15H2,1-7H3. The molecule has 0 aromatic heterocycles. The Bertz CT molecular complexity index is 343. The molecular weight excluding hydrogens is 272 g/mol. The molecule has 1 aliphatic heterocycles. The Balaban J connectivity index is 2.55. The van der Waals surface area contributed by atoms with E-state index < -0.39 is 0 Å². The molecular formula is C19H38N2O. The number of rotatable bonds is 5. The zero-order chi connectivity index (χ0) is 17.0. The maximum atomic E-state index is 13.0. The van der Waals surface area contributed by atoms with Gasteiger partial charge in [-0.15, -0.1) is 0 Å². The van der Waals surface area contributed by atoms with Crippen molar-refractivity contribution in [1.29, 1.82) is 0 Å². The molecule has 1 heterocycles. The Kier molecular flexibility index (Phi) is 6.91. The number of carbonyl (C=O) groups is 1. The third-order valence-electron chi connectivity index (χ3n) is 4.83. The molecule has 0 aromatic rings. The first-order valence-electron chi connectivity index (χ1n) is 8.98. The number of hydrogen-bond acceptors (Lipinski definition) is 2. The molecule has 130 valence electrons. The van der Waals surface area contributed by atoms with Crippen LogP contribution in [0.25, 0.3) is 0 Å². The van der Waals surface area contributed by atoms with Gasteiger partial charge in [0, 0.05) is 32.1 Å². The van der Waals surface area contributed by atoms with E-state index in [0.717, 1.165) is 32.6 Å². The second kappa shape index (κ2) is 7.81. The summed E-state index contributed by atoms with van der Waals surface area (Å²) in [6.45, 7) is 17.3. The van der Waals surface area contributed by atoms with E-state index in [-0.39, 0.29) is 11.3 Å². The number of piperazine rings is 1. The number of hydrogen-bond donors (Lipinski definition) is 0. The number of amides is 1. The summed E-state index contributed by atoms with van der Waals surface area (Å²) in [6.07, 6.45) is 4.67. The minimum Gasteiger partial charge on any atom is -0.340 e. The average Bonchev–Trinajstić information content (AvgIpc) is 2.36. The highest BCUT2D eigenvalue weighted by Crippen LogP contribution is 2.33. The molecule has 1 saturated heterocycles. The summed E-state index contributed by atoms with van der Waals surface area (Å²) < 4.78 is 0. The molecule has 3 heteroatoms. The van der Waals surface area contributed by atoms with Crippen LogP contribution in [-0.4, -0.2) is 48.9 Å². The van der Waals surface area contributed by atoms with E-state index in [1.165, 1.54) is 19.3 Å². The number of nitrogens with zero attached hydrogens (tertiary/aromatic N) is 2. The van der Waals surface area contributed by atoms with Gasteiger partial charge in [0.2, 0.25) is 5.91 Å². The van der Waals surface area contributed by atoms with Crippen molar-refractivity contribution in [2.24, 2.45) is 16.7 Å². The summed E-state index contributed by atoms with van der Waals surface area (Å²) in [5.41, 5.74) is 0.459.